The Kier molecular flexibility index (Phi) is 4.24. The zero-order valence-corrected chi connectivity index (χ0v) is 12.2. The minimum absolute atomic E-state index is 0.548. The van der Waals surface area contributed by atoms with Crippen molar-refractivity contribution in [1.29, 1.82) is 0 Å². The van der Waals surface area contributed by atoms with Crippen LogP contribution in [-0.2, 0) is 16.6 Å². The van der Waals surface area contributed by atoms with Gasteiger partial charge in [0.1, 0.15) is 0 Å². The fraction of sp³-hybridized carbons (Fsp3) is 0.214. The summed E-state index contributed by atoms with van der Waals surface area (Å²) in [6, 6.07) is 11.1. The number of aryl methyl sites for hydroxylation is 1. The number of benzene rings is 1. The van der Waals surface area contributed by atoms with Crippen molar-refractivity contribution in [3.63, 3.8) is 0 Å². The van der Waals surface area contributed by atoms with Crippen LogP contribution in [0.4, 0.5) is 11.4 Å². The van der Waals surface area contributed by atoms with Crippen LogP contribution in [0.1, 0.15) is 11.3 Å². The first-order valence-corrected chi connectivity index (χ1v) is 8.05. The summed E-state index contributed by atoms with van der Waals surface area (Å²) in [4.78, 5) is 4.31. The molecule has 0 saturated carbocycles. The minimum Gasteiger partial charge on any atom is -0.379 e. The van der Waals surface area contributed by atoms with Crippen LogP contribution in [0.2, 0.25) is 0 Å². The summed E-state index contributed by atoms with van der Waals surface area (Å²) in [5, 5.41) is 3.23. The van der Waals surface area contributed by atoms with Crippen LogP contribution in [-0.4, -0.2) is 19.7 Å². The zero-order valence-electron chi connectivity index (χ0n) is 11.4. The van der Waals surface area contributed by atoms with Gasteiger partial charge in [-0.2, -0.15) is 0 Å². The van der Waals surface area contributed by atoms with Gasteiger partial charge in [0, 0.05) is 17.6 Å². The van der Waals surface area contributed by atoms with Gasteiger partial charge in [-0.05, 0) is 42.8 Å². The lowest BCUT2D eigenvalue weighted by atomic mass is 10.2. The Balaban J connectivity index is 1.95. The van der Waals surface area contributed by atoms with Gasteiger partial charge >= 0.3 is 0 Å². The van der Waals surface area contributed by atoms with E-state index in [-0.39, 0.29) is 0 Å². The Labute approximate surface area is 119 Å². The van der Waals surface area contributed by atoms with E-state index < -0.39 is 10.0 Å². The fourth-order valence-electron chi connectivity index (χ4n) is 1.67. The molecule has 0 amide bonds. The van der Waals surface area contributed by atoms with E-state index in [2.05, 4.69) is 15.0 Å². The van der Waals surface area contributed by atoms with Crippen LogP contribution in [0.3, 0.4) is 0 Å². The molecule has 0 spiro atoms. The van der Waals surface area contributed by atoms with Crippen molar-refractivity contribution in [3.8, 4) is 0 Å². The average molecular weight is 291 g/mol. The smallest absolute Gasteiger partial charge is 0.229 e. The molecule has 5 nitrogen and oxygen atoms in total. The highest BCUT2D eigenvalue weighted by molar-refractivity contribution is 7.92. The standard InChI is InChI=1S/C14H17N3O2S/c1-11-3-4-14(15-9-11)10-16-12-5-7-13(8-6-12)17-20(2,18)19/h3-9,16-17H,10H2,1-2H3. The molecule has 0 saturated heterocycles. The van der Waals surface area contributed by atoms with Crippen molar-refractivity contribution in [2.75, 3.05) is 16.3 Å². The lowest BCUT2D eigenvalue weighted by molar-refractivity contribution is 0.607. The molecule has 0 aliphatic rings. The van der Waals surface area contributed by atoms with Crippen LogP contribution >= 0.6 is 0 Å². The molecule has 0 aliphatic carbocycles. The van der Waals surface area contributed by atoms with Gasteiger partial charge in [-0.25, -0.2) is 8.42 Å². The van der Waals surface area contributed by atoms with Crippen molar-refractivity contribution < 1.29 is 8.42 Å². The Hall–Kier alpha value is -2.08. The van der Waals surface area contributed by atoms with Gasteiger partial charge in [0.05, 0.1) is 18.5 Å². The molecule has 1 aromatic carbocycles. The average Bonchev–Trinajstić information content (AvgIpc) is 2.38. The summed E-state index contributed by atoms with van der Waals surface area (Å²) in [6.45, 7) is 2.62. The maximum atomic E-state index is 11.1. The highest BCUT2D eigenvalue weighted by atomic mass is 32.2. The number of hydrogen-bond donors (Lipinski definition) is 2. The van der Waals surface area contributed by atoms with Gasteiger partial charge in [0.25, 0.3) is 0 Å². The molecule has 2 rings (SSSR count). The number of hydrogen-bond acceptors (Lipinski definition) is 4. The SMILES string of the molecule is Cc1ccc(CNc2ccc(NS(C)(=O)=O)cc2)nc1. The monoisotopic (exact) mass is 291 g/mol. The van der Waals surface area contributed by atoms with E-state index in [0.29, 0.717) is 12.2 Å². The van der Waals surface area contributed by atoms with Gasteiger partial charge in [-0.3, -0.25) is 9.71 Å². The summed E-state index contributed by atoms with van der Waals surface area (Å²) >= 11 is 0. The molecular formula is C14H17N3O2S. The molecule has 106 valence electrons. The third kappa shape index (κ3) is 4.55. The summed E-state index contributed by atoms with van der Waals surface area (Å²) < 4.78 is 24.6. The first-order valence-electron chi connectivity index (χ1n) is 6.16. The second-order valence-corrected chi connectivity index (χ2v) is 6.38. The van der Waals surface area contributed by atoms with Crippen molar-refractivity contribution in [3.05, 3.63) is 53.9 Å². The topological polar surface area (TPSA) is 71.1 Å². The van der Waals surface area contributed by atoms with Gasteiger partial charge < -0.3 is 5.32 Å². The second kappa shape index (κ2) is 5.92. The Morgan fingerprint density at radius 3 is 2.25 bits per heavy atom. The molecule has 0 fully saturated rings. The van der Waals surface area contributed by atoms with E-state index in [1.54, 1.807) is 12.1 Å². The van der Waals surface area contributed by atoms with E-state index in [1.165, 1.54) is 0 Å². The Morgan fingerprint density at radius 2 is 1.70 bits per heavy atom. The minimum atomic E-state index is -3.23. The molecule has 0 radical (unpaired) electrons. The number of anilines is 2. The van der Waals surface area contributed by atoms with Gasteiger partial charge in [-0.15, -0.1) is 0 Å². The zero-order chi connectivity index (χ0) is 14.6. The summed E-state index contributed by atoms with van der Waals surface area (Å²) in [5.74, 6) is 0. The third-order valence-corrected chi connectivity index (χ3v) is 3.24. The molecule has 2 N–H and O–H groups in total. The summed E-state index contributed by atoms with van der Waals surface area (Å²) in [5.41, 5.74) is 3.54. The van der Waals surface area contributed by atoms with Crippen molar-refractivity contribution in [2.45, 2.75) is 13.5 Å². The maximum absolute atomic E-state index is 11.1. The maximum Gasteiger partial charge on any atom is 0.229 e. The van der Waals surface area contributed by atoms with Gasteiger partial charge in [0.2, 0.25) is 10.0 Å². The molecule has 0 aliphatic heterocycles. The third-order valence-electron chi connectivity index (χ3n) is 2.63. The predicted octanol–water partition coefficient (Wildman–Crippen LogP) is 2.37. The first-order chi connectivity index (χ1) is 9.42. The number of rotatable bonds is 5. The molecule has 0 unspecified atom stereocenters. The Morgan fingerprint density at radius 1 is 1.05 bits per heavy atom. The second-order valence-electron chi connectivity index (χ2n) is 4.63. The van der Waals surface area contributed by atoms with Crippen LogP contribution in [0.5, 0.6) is 0 Å². The number of aromatic nitrogens is 1. The van der Waals surface area contributed by atoms with Gasteiger partial charge in [-0.1, -0.05) is 6.07 Å². The highest BCUT2D eigenvalue weighted by Gasteiger charge is 2.01. The van der Waals surface area contributed by atoms with Crippen molar-refractivity contribution in [1.82, 2.24) is 4.98 Å². The summed E-state index contributed by atoms with van der Waals surface area (Å²) in [6.07, 6.45) is 2.96. The van der Waals surface area contributed by atoms with E-state index in [9.17, 15) is 8.42 Å². The molecule has 6 heteroatoms. The largest absolute Gasteiger partial charge is 0.379 e. The van der Waals surface area contributed by atoms with E-state index in [1.807, 2.05) is 37.4 Å². The normalized spacial score (nSPS) is 11.1. The number of pyridine rings is 1. The molecule has 2 aromatic rings. The predicted molar refractivity (Wildman–Crippen MR) is 81.2 cm³/mol. The lowest BCUT2D eigenvalue weighted by Crippen LogP contribution is -2.09. The van der Waals surface area contributed by atoms with Crippen LogP contribution in [0.15, 0.2) is 42.6 Å². The molecule has 0 atom stereocenters. The van der Waals surface area contributed by atoms with E-state index in [4.69, 9.17) is 0 Å². The number of sulfonamides is 1. The summed E-state index contributed by atoms with van der Waals surface area (Å²) in [7, 11) is -3.23. The number of nitrogens with one attached hydrogen (secondary N) is 2. The Bertz CT molecular complexity index is 665. The van der Waals surface area contributed by atoms with E-state index in [0.717, 1.165) is 23.2 Å². The number of nitrogens with zero attached hydrogens (tertiary/aromatic N) is 1. The van der Waals surface area contributed by atoms with E-state index >= 15 is 0 Å². The van der Waals surface area contributed by atoms with Crippen LogP contribution < -0.4 is 10.0 Å². The molecular weight excluding hydrogens is 274 g/mol. The van der Waals surface area contributed by atoms with Crippen molar-refractivity contribution >= 4 is 21.4 Å². The highest BCUT2D eigenvalue weighted by Crippen LogP contribution is 2.15. The van der Waals surface area contributed by atoms with Crippen LogP contribution in [0.25, 0.3) is 0 Å². The molecule has 20 heavy (non-hydrogen) atoms. The lowest BCUT2D eigenvalue weighted by Gasteiger charge is -2.08. The molecule has 0 bridgehead atoms. The van der Waals surface area contributed by atoms with Crippen LogP contribution in [0, 0.1) is 6.92 Å². The first kappa shape index (κ1) is 14.3. The quantitative estimate of drug-likeness (QED) is 0.887. The van der Waals surface area contributed by atoms with Crippen molar-refractivity contribution in [2.24, 2.45) is 0 Å². The van der Waals surface area contributed by atoms with Gasteiger partial charge in [0.15, 0.2) is 0 Å². The molecule has 1 heterocycles. The molecule has 1 aromatic heterocycles. The fourth-order valence-corrected chi connectivity index (χ4v) is 2.23.